The molecule has 0 heterocycles. The molecule has 0 saturated heterocycles. The molecule has 0 aliphatic carbocycles. The van der Waals surface area contributed by atoms with E-state index in [2.05, 4.69) is 19.2 Å². The van der Waals surface area contributed by atoms with Crippen LogP contribution in [0.3, 0.4) is 0 Å². The van der Waals surface area contributed by atoms with Crippen molar-refractivity contribution in [1.29, 1.82) is 0 Å². The summed E-state index contributed by atoms with van der Waals surface area (Å²) >= 11 is 1.78. The second-order valence-corrected chi connectivity index (χ2v) is 6.05. The molecule has 0 aromatic heterocycles. The predicted molar refractivity (Wildman–Crippen MR) is 80.8 cm³/mol. The lowest BCUT2D eigenvalue weighted by Crippen LogP contribution is -2.13. The van der Waals surface area contributed by atoms with Gasteiger partial charge in [0.2, 0.25) is 5.91 Å². The highest BCUT2D eigenvalue weighted by Crippen LogP contribution is 2.19. The number of thioether (sulfide) groups is 1. The summed E-state index contributed by atoms with van der Waals surface area (Å²) in [6.07, 6.45) is 1.61. The van der Waals surface area contributed by atoms with Crippen LogP contribution in [0, 0.1) is 11.7 Å². The number of carbonyl (C=O) groups is 1. The number of nitrogen functional groups attached to an aromatic ring is 1. The zero-order chi connectivity index (χ0) is 14.3. The molecule has 0 unspecified atom stereocenters. The van der Waals surface area contributed by atoms with E-state index in [0.717, 1.165) is 17.9 Å². The summed E-state index contributed by atoms with van der Waals surface area (Å²) in [5.41, 5.74) is 6.34. The third-order valence-corrected chi connectivity index (χ3v) is 3.62. The first-order valence-corrected chi connectivity index (χ1v) is 7.57. The Kier molecular flexibility index (Phi) is 6.70. The Morgan fingerprint density at radius 3 is 2.79 bits per heavy atom. The number of anilines is 2. The van der Waals surface area contributed by atoms with Crippen LogP contribution in [0.5, 0.6) is 0 Å². The smallest absolute Gasteiger partial charge is 0.225 e. The minimum Gasteiger partial charge on any atom is -0.397 e. The van der Waals surface area contributed by atoms with Crippen molar-refractivity contribution in [3.05, 3.63) is 24.0 Å². The molecule has 0 spiro atoms. The quantitative estimate of drug-likeness (QED) is 0.595. The molecule has 0 bridgehead atoms. The predicted octanol–water partition coefficient (Wildman–Crippen LogP) is 3.52. The van der Waals surface area contributed by atoms with Gasteiger partial charge in [-0.25, -0.2) is 4.39 Å². The fourth-order valence-electron chi connectivity index (χ4n) is 1.45. The highest BCUT2D eigenvalue weighted by atomic mass is 32.2. The van der Waals surface area contributed by atoms with E-state index < -0.39 is 5.82 Å². The molecular formula is C14H21FN2OS. The molecule has 0 aliphatic heterocycles. The SMILES string of the molecule is CC(C)CCSCCC(=O)Nc1ccc(F)cc1N. The zero-order valence-corrected chi connectivity index (χ0v) is 12.2. The molecule has 19 heavy (non-hydrogen) atoms. The Hall–Kier alpha value is -1.23. The number of amides is 1. The Balaban J connectivity index is 2.27. The van der Waals surface area contributed by atoms with Crippen LogP contribution >= 0.6 is 11.8 Å². The second-order valence-electron chi connectivity index (χ2n) is 4.82. The molecule has 1 aromatic carbocycles. The van der Waals surface area contributed by atoms with Gasteiger partial charge in [0.25, 0.3) is 0 Å². The Morgan fingerprint density at radius 1 is 1.42 bits per heavy atom. The van der Waals surface area contributed by atoms with E-state index in [1.165, 1.54) is 18.2 Å². The van der Waals surface area contributed by atoms with Crippen molar-refractivity contribution < 1.29 is 9.18 Å². The van der Waals surface area contributed by atoms with Crippen molar-refractivity contribution in [2.45, 2.75) is 26.7 Å². The van der Waals surface area contributed by atoms with E-state index >= 15 is 0 Å². The monoisotopic (exact) mass is 284 g/mol. The van der Waals surface area contributed by atoms with Gasteiger partial charge < -0.3 is 11.1 Å². The highest BCUT2D eigenvalue weighted by Gasteiger charge is 2.06. The standard InChI is InChI=1S/C14H21FN2OS/c1-10(2)5-7-19-8-6-14(18)17-13-4-3-11(15)9-12(13)16/h3-4,9-10H,5-8,16H2,1-2H3,(H,17,18). The Labute approximate surface area is 118 Å². The van der Waals surface area contributed by atoms with Gasteiger partial charge in [-0.2, -0.15) is 11.8 Å². The summed E-state index contributed by atoms with van der Waals surface area (Å²) in [4.78, 5) is 11.7. The van der Waals surface area contributed by atoms with E-state index in [4.69, 9.17) is 5.73 Å². The molecule has 5 heteroatoms. The molecule has 1 rings (SSSR count). The first-order chi connectivity index (χ1) is 8.99. The summed E-state index contributed by atoms with van der Waals surface area (Å²) in [7, 11) is 0. The molecule has 0 saturated carbocycles. The number of benzene rings is 1. The first-order valence-electron chi connectivity index (χ1n) is 6.41. The minimum atomic E-state index is -0.403. The van der Waals surface area contributed by atoms with Crippen LogP contribution < -0.4 is 11.1 Å². The van der Waals surface area contributed by atoms with Crippen molar-refractivity contribution in [2.24, 2.45) is 5.92 Å². The topological polar surface area (TPSA) is 55.1 Å². The molecule has 106 valence electrons. The lowest BCUT2D eigenvalue weighted by molar-refractivity contribution is -0.115. The average molecular weight is 284 g/mol. The van der Waals surface area contributed by atoms with Gasteiger partial charge >= 0.3 is 0 Å². The average Bonchev–Trinajstić information content (AvgIpc) is 2.32. The van der Waals surface area contributed by atoms with Crippen molar-refractivity contribution in [3.8, 4) is 0 Å². The maximum atomic E-state index is 12.8. The maximum Gasteiger partial charge on any atom is 0.225 e. The number of nitrogens with two attached hydrogens (primary N) is 1. The van der Waals surface area contributed by atoms with Gasteiger partial charge in [0, 0.05) is 12.2 Å². The van der Waals surface area contributed by atoms with Crippen LogP contribution in [-0.4, -0.2) is 17.4 Å². The zero-order valence-electron chi connectivity index (χ0n) is 11.4. The summed E-state index contributed by atoms with van der Waals surface area (Å²) in [5, 5.41) is 2.69. The van der Waals surface area contributed by atoms with Gasteiger partial charge in [0.15, 0.2) is 0 Å². The van der Waals surface area contributed by atoms with Gasteiger partial charge in [-0.3, -0.25) is 4.79 Å². The van der Waals surface area contributed by atoms with Crippen LogP contribution in [0.25, 0.3) is 0 Å². The summed E-state index contributed by atoms with van der Waals surface area (Å²) in [6, 6.07) is 3.96. The fourth-order valence-corrected chi connectivity index (χ4v) is 2.62. The van der Waals surface area contributed by atoms with Gasteiger partial charge in [0.1, 0.15) is 5.82 Å². The normalized spacial score (nSPS) is 10.7. The number of hydrogen-bond donors (Lipinski definition) is 2. The van der Waals surface area contributed by atoms with Gasteiger partial charge in [-0.15, -0.1) is 0 Å². The van der Waals surface area contributed by atoms with Crippen molar-refractivity contribution in [2.75, 3.05) is 22.6 Å². The number of carbonyl (C=O) groups excluding carboxylic acids is 1. The van der Waals surface area contributed by atoms with Crippen LogP contribution in [0.1, 0.15) is 26.7 Å². The van der Waals surface area contributed by atoms with Crippen molar-refractivity contribution in [1.82, 2.24) is 0 Å². The summed E-state index contributed by atoms with van der Waals surface area (Å²) in [6.45, 7) is 4.37. The molecular weight excluding hydrogens is 263 g/mol. The largest absolute Gasteiger partial charge is 0.397 e. The Morgan fingerprint density at radius 2 is 2.16 bits per heavy atom. The lowest BCUT2D eigenvalue weighted by atomic mass is 10.2. The van der Waals surface area contributed by atoms with Crippen LogP contribution in [0.15, 0.2) is 18.2 Å². The van der Waals surface area contributed by atoms with Crippen LogP contribution in [-0.2, 0) is 4.79 Å². The number of hydrogen-bond acceptors (Lipinski definition) is 3. The third kappa shape index (κ3) is 6.47. The highest BCUT2D eigenvalue weighted by molar-refractivity contribution is 7.99. The molecule has 0 fully saturated rings. The maximum absolute atomic E-state index is 12.8. The van der Waals surface area contributed by atoms with Gasteiger partial charge in [-0.05, 0) is 36.3 Å². The van der Waals surface area contributed by atoms with E-state index in [9.17, 15) is 9.18 Å². The minimum absolute atomic E-state index is 0.0876. The van der Waals surface area contributed by atoms with Gasteiger partial charge in [-0.1, -0.05) is 13.8 Å². The molecule has 1 amide bonds. The number of rotatable bonds is 7. The van der Waals surface area contributed by atoms with E-state index in [0.29, 0.717) is 18.0 Å². The number of nitrogens with one attached hydrogen (secondary N) is 1. The summed E-state index contributed by atoms with van der Waals surface area (Å²) < 4.78 is 12.8. The molecule has 0 aliphatic rings. The van der Waals surface area contributed by atoms with E-state index in [1.54, 1.807) is 11.8 Å². The molecule has 1 aromatic rings. The second kappa shape index (κ2) is 8.04. The fraction of sp³-hybridized carbons (Fsp3) is 0.500. The molecule has 3 nitrogen and oxygen atoms in total. The summed E-state index contributed by atoms with van der Waals surface area (Å²) in [5.74, 6) is 2.07. The molecule has 3 N–H and O–H groups in total. The third-order valence-electron chi connectivity index (χ3n) is 2.60. The molecule has 0 atom stereocenters. The first kappa shape index (κ1) is 15.8. The Bertz CT molecular complexity index is 424. The van der Waals surface area contributed by atoms with Crippen molar-refractivity contribution in [3.63, 3.8) is 0 Å². The van der Waals surface area contributed by atoms with E-state index in [1.807, 2.05) is 0 Å². The van der Waals surface area contributed by atoms with Crippen LogP contribution in [0.2, 0.25) is 0 Å². The van der Waals surface area contributed by atoms with E-state index in [-0.39, 0.29) is 11.6 Å². The lowest BCUT2D eigenvalue weighted by Gasteiger charge is -2.08. The number of halogens is 1. The molecule has 0 radical (unpaired) electrons. The van der Waals surface area contributed by atoms with Crippen LogP contribution in [0.4, 0.5) is 15.8 Å². The van der Waals surface area contributed by atoms with Crippen molar-refractivity contribution >= 4 is 29.0 Å². The van der Waals surface area contributed by atoms with Gasteiger partial charge in [0.05, 0.1) is 11.4 Å².